The highest BCUT2D eigenvalue weighted by Gasteiger charge is 2.16. The average molecular weight is 270 g/mol. The molecule has 0 aliphatic carbocycles. The lowest BCUT2D eigenvalue weighted by molar-refractivity contribution is 0.286. The van der Waals surface area contributed by atoms with Crippen molar-refractivity contribution in [3.05, 3.63) is 27.7 Å². The van der Waals surface area contributed by atoms with Crippen molar-refractivity contribution in [2.45, 2.75) is 25.7 Å². The number of benzene rings is 1. The molecule has 2 nitrogen and oxygen atoms in total. The molecule has 0 aromatic heterocycles. The molecule has 1 aliphatic heterocycles. The maximum Gasteiger partial charge on any atom is 0.136 e. The summed E-state index contributed by atoms with van der Waals surface area (Å²) in [6, 6.07) is 4.36. The van der Waals surface area contributed by atoms with E-state index < -0.39 is 0 Å². The predicted octanol–water partition coefficient (Wildman–Crippen LogP) is 2.84. The summed E-state index contributed by atoms with van der Waals surface area (Å²) in [5.74, 6) is 1.43. The summed E-state index contributed by atoms with van der Waals surface area (Å²) in [7, 11) is 0. The van der Waals surface area contributed by atoms with Crippen LogP contribution < -0.4 is 10.5 Å². The number of fused-ring (bicyclic) bond motifs is 1. The van der Waals surface area contributed by atoms with Crippen molar-refractivity contribution < 1.29 is 4.74 Å². The van der Waals surface area contributed by atoms with E-state index in [0.29, 0.717) is 12.5 Å². The third kappa shape index (κ3) is 2.18. The normalized spacial score (nSPS) is 16.7. The van der Waals surface area contributed by atoms with Crippen LogP contribution in [0.15, 0.2) is 16.6 Å². The molecule has 2 N–H and O–H groups in total. The van der Waals surface area contributed by atoms with E-state index in [9.17, 15) is 0 Å². The van der Waals surface area contributed by atoms with Crippen LogP contribution in [0.25, 0.3) is 0 Å². The molecular weight excluding hydrogens is 254 g/mol. The quantitative estimate of drug-likeness (QED) is 0.896. The van der Waals surface area contributed by atoms with Crippen LogP contribution in [0, 0.1) is 0 Å². The van der Waals surface area contributed by atoms with Gasteiger partial charge in [-0.2, -0.15) is 0 Å². The van der Waals surface area contributed by atoms with Crippen molar-refractivity contribution in [2.75, 3.05) is 13.2 Å². The molecule has 1 heterocycles. The van der Waals surface area contributed by atoms with Gasteiger partial charge in [0.25, 0.3) is 0 Å². The zero-order valence-electron chi connectivity index (χ0n) is 8.92. The fourth-order valence-electron chi connectivity index (χ4n) is 1.88. The molecule has 1 unspecified atom stereocenters. The first-order valence-corrected chi connectivity index (χ1v) is 6.17. The van der Waals surface area contributed by atoms with Gasteiger partial charge in [0.05, 0.1) is 11.1 Å². The second-order valence-electron chi connectivity index (χ2n) is 4.08. The predicted molar refractivity (Wildman–Crippen MR) is 65.4 cm³/mol. The second-order valence-corrected chi connectivity index (χ2v) is 4.93. The molecule has 1 aromatic carbocycles. The molecule has 3 heteroatoms. The highest BCUT2D eigenvalue weighted by molar-refractivity contribution is 9.10. The van der Waals surface area contributed by atoms with E-state index in [0.717, 1.165) is 29.7 Å². The van der Waals surface area contributed by atoms with Gasteiger partial charge in [0, 0.05) is 0 Å². The van der Waals surface area contributed by atoms with Gasteiger partial charge >= 0.3 is 0 Å². The fraction of sp³-hybridized carbons (Fsp3) is 0.500. The Labute approximate surface area is 98.9 Å². The van der Waals surface area contributed by atoms with Gasteiger partial charge in [-0.1, -0.05) is 13.0 Å². The summed E-state index contributed by atoms with van der Waals surface area (Å²) in [5, 5.41) is 0. The van der Waals surface area contributed by atoms with Crippen molar-refractivity contribution in [3.8, 4) is 5.75 Å². The monoisotopic (exact) mass is 269 g/mol. The molecule has 1 aliphatic rings. The van der Waals surface area contributed by atoms with Crippen molar-refractivity contribution in [2.24, 2.45) is 5.73 Å². The average Bonchev–Trinajstić information content (AvgIpc) is 2.28. The fourth-order valence-corrected chi connectivity index (χ4v) is 2.51. The number of hydrogen-bond acceptors (Lipinski definition) is 2. The Morgan fingerprint density at radius 3 is 3.07 bits per heavy atom. The molecule has 1 atom stereocenters. The molecule has 0 amide bonds. The Bertz CT molecular complexity index is 365. The highest BCUT2D eigenvalue weighted by Crippen LogP contribution is 2.35. The van der Waals surface area contributed by atoms with Gasteiger partial charge in [-0.05, 0) is 58.4 Å². The van der Waals surface area contributed by atoms with E-state index in [2.05, 4.69) is 35.0 Å². The summed E-state index contributed by atoms with van der Waals surface area (Å²) in [5.41, 5.74) is 8.29. The number of nitrogens with two attached hydrogens (primary N) is 1. The van der Waals surface area contributed by atoms with E-state index in [1.54, 1.807) is 0 Å². The lowest BCUT2D eigenvalue weighted by Gasteiger charge is -2.21. The number of aryl methyl sites for hydroxylation is 1. The summed E-state index contributed by atoms with van der Waals surface area (Å²) in [6.07, 6.45) is 2.22. The van der Waals surface area contributed by atoms with E-state index in [1.165, 1.54) is 11.1 Å². The third-order valence-electron chi connectivity index (χ3n) is 2.90. The standard InChI is InChI=1S/C12H16BrNO/c1-8(7-14)10-5-9-3-2-4-15-12(9)11(13)6-10/h5-6,8H,2-4,7,14H2,1H3. The van der Waals surface area contributed by atoms with Gasteiger partial charge in [-0.25, -0.2) is 0 Å². The van der Waals surface area contributed by atoms with E-state index >= 15 is 0 Å². The number of hydrogen-bond donors (Lipinski definition) is 1. The topological polar surface area (TPSA) is 35.2 Å². The molecule has 0 radical (unpaired) electrons. The molecule has 0 saturated heterocycles. The number of rotatable bonds is 2. The van der Waals surface area contributed by atoms with Crippen molar-refractivity contribution in [3.63, 3.8) is 0 Å². The van der Waals surface area contributed by atoms with Crippen LogP contribution in [0.5, 0.6) is 5.75 Å². The molecular formula is C12H16BrNO. The Kier molecular flexibility index (Phi) is 3.32. The van der Waals surface area contributed by atoms with Crippen LogP contribution >= 0.6 is 15.9 Å². The van der Waals surface area contributed by atoms with Gasteiger partial charge < -0.3 is 10.5 Å². The molecule has 1 aromatic rings. The van der Waals surface area contributed by atoms with Crippen LogP contribution in [-0.4, -0.2) is 13.2 Å². The Balaban J connectivity index is 2.40. The first-order chi connectivity index (χ1) is 7.22. The lowest BCUT2D eigenvalue weighted by atomic mass is 9.96. The molecule has 0 bridgehead atoms. The minimum Gasteiger partial charge on any atom is -0.492 e. The van der Waals surface area contributed by atoms with Gasteiger partial charge in [-0.15, -0.1) is 0 Å². The van der Waals surface area contributed by atoms with E-state index in [1.807, 2.05) is 0 Å². The van der Waals surface area contributed by atoms with Gasteiger partial charge in [0.2, 0.25) is 0 Å². The minimum absolute atomic E-state index is 0.411. The maximum atomic E-state index is 5.68. The minimum atomic E-state index is 0.411. The highest BCUT2D eigenvalue weighted by atomic mass is 79.9. The van der Waals surface area contributed by atoms with Crippen LogP contribution in [0.1, 0.15) is 30.4 Å². The van der Waals surface area contributed by atoms with Crippen molar-refractivity contribution in [1.29, 1.82) is 0 Å². The number of ether oxygens (including phenoxy) is 1. The molecule has 0 saturated carbocycles. The van der Waals surface area contributed by atoms with Crippen LogP contribution in [-0.2, 0) is 6.42 Å². The summed E-state index contributed by atoms with van der Waals surface area (Å²) in [6.45, 7) is 3.67. The Hall–Kier alpha value is -0.540. The molecule has 82 valence electrons. The first-order valence-electron chi connectivity index (χ1n) is 5.37. The van der Waals surface area contributed by atoms with Crippen LogP contribution in [0.2, 0.25) is 0 Å². The Morgan fingerprint density at radius 2 is 2.33 bits per heavy atom. The molecule has 2 rings (SSSR count). The lowest BCUT2D eigenvalue weighted by Crippen LogP contribution is -2.12. The van der Waals surface area contributed by atoms with Crippen LogP contribution in [0.4, 0.5) is 0 Å². The van der Waals surface area contributed by atoms with E-state index in [4.69, 9.17) is 10.5 Å². The Morgan fingerprint density at radius 1 is 1.53 bits per heavy atom. The zero-order valence-corrected chi connectivity index (χ0v) is 10.5. The largest absolute Gasteiger partial charge is 0.492 e. The maximum absolute atomic E-state index is 5.68. The summed E-state index contributed by atoms with van der Waals surface area (Å²) in [4.78, 5) is 0. The van der Waals surface area contributed by atoms with Gasteiger partial charge in [-0.3, -0.25) is 0 Å². The van der Waals surface area contributed by atoms with Crippen molar-refractivity contribution >= 4 is 15.9 Å². The van der Waals surface area contributed by atoms with E-state index in [-0.39, 0.29) is 0 Å². The number of halogens is 1. The van der Waals surface area contributed by atoms with Crippen LogP contribution in [0.3, 0.4) is 0 Å². The molecule has 0 fully saturated rings. The SMILES string of the molecule is CC(CN)c1cc(Br)c2c(c1)CCCO2. The summed E-state index contributed by atoms with van der Waals surface area (Å²) >= 11 is 3.56. The van der Waals surface area contributed by atoms with Gasteiger partial charge in [0.1, 0.15) is 5.75 Å². The first kappa shape index (κ1) is 11.0. The molecule has 0 spiro atoms. The smallest absolute Gasteiger partial charge is 0.136 e. The zero-order chi connectivity index (χ0) is 10.8. The summed E-state index contributed by atoms with van der Waals surface area (Å²) < 4.78 is 6.71. The molecule has 15 heavy (non-hydrogen) atoms. The van der Waals surface area contributed by atoms with Crippen molar-refractivity contribution in [1.82, 2.24) is 0 Å². The third-order valence-corrected chi connectivity index (χ3v) is 3.49. The second kappa shape index (κ2) is 4.54. The van der Waals surface area contributed by atoms with Gasteiger partial charge in [0.15, 0.2) is 0 Å².